The van der Waals surface area contributed by atoms with Crippen LogP contribution in [0.1, 0.15) is 31.4 Å². The zero-order valence-electron chi connectivity index (χ0n) is 15.0. The Morgan fingerprint density at radius 3 is 2.56 bits per heavy atom. The summed E-state index contributed by atoms with van der Waals surface area (Å²) in [5.41, 5.74) is 7.16. The van der Waals surface area contributed by atoms with Crippen LogP contribution < -0.4 is 15.9 Å². The van der Waals surface area contributed by atoms with Gasteiger partial charge in [0.2, 0.25) is 10.0 Å². The van der Waals surface area contributed by atoms with Crippen LogP contribution in [0.3, 0.4) is 0 Å². The molecule has 0 bridgehead atoms. The highest BCUT2D eigenvalue weighted by Crippen LogP contribution is 2.29. The monoisotopic (exact) mass is 384 g/mol. The van der Waals surface area contributed by atoms with E-state index in [-0.39, 0.29) is 16.5 Å². The van der Waals surface area contributed by atoms with Crippen LogP contribution in [0.5, 0.6) is 0 Å². The molecule has 0 atom stereocenters. The highest BCUT2D eigenvalue weighted by atomic mass is 32.2. The number of carbonyl (C=O) groups excluding carboxylic acids is 1. The third kappa shape index (κ3) is 4.07. The summed E-state index contributed by atoms with van der Waals surface area (Å²) in [6.45, 7) is 4.10. The van der Waals surface area contributed by atoms with E-state index in [0.717, 1.165) is 17.5 Å². The quantitative estimate of drug-likeness (QED) is 0.688. The molecule has 0 saturated carbocycles. The number of anilines is 2. The van der Waals surface area contributed by atoms with E-state index < -0.39 is 10.0 Å². The van der Waals surface area contributed by atoms with E-state index in [4.69, 9.17) is 5.14 Å². The first-order valence-electron chi connectivity index (χ1n) is 8.38. The average Bonchev–Trinajstić information content (AvgIpc) is 2.95. The second-order valence-electron chi connectivity index (χ2n) is 6.21. The fourth-order valence-electron chi connectivity index (χ4n) is 2.67. The molecule has 1 heterocycles. The molecule has 3 rings (SSSR count). The van der Waals surface area contributed by atoms with Crippen LogP contribution >= 0.6 is 0 Å². The summed E-state index contributed by atoms with van der Waals surface area (Å²) in [5, 5.41) is 12.1. The molecule has 1 aliphatic heterocycles. The van der Waals surface area contributed by atoms with Gasteiger partial charge in [0.1, 0.15) is 0 Å². The molecule has 1 amide bonds. The summed E-state index contributed by atoms with van der Waals surface area (Å²) >= 11 is 0. The van der Waals surface area contributed by atoms with Gasteiger partial charge in [-0.3, -0.25) is 10.2 Å². The zero-order valence-corrected chi connectivity index (χ0v) is 15.8. The Hall–Kier alpha value is -2.97. The summed E-state index contributed by atoms with van der Waals surface area (Å²) in [7, 11) is -3.75. The molecule has 8 heteroatoms. The van der Waals surface area contributed by atoms with Gasteiger partial charge in [-0.2, -0.15) is 5.10 Å². The van der Waals surface area contributed by atoms with E-state index in [0.29, 0.717) is 11.4 Å². The van der Waals surface area contributed by atoms with Crippen LogP contribution in [-0.4, -0.2) is 20.0 Å². The first-order valence-corrected chi connectivity index (χ1v) is 9.92. The Morgan fingerprint density at radius 1 is 1.22 bits per heavy atom. The fourth-order valence-corrected chi connectivity index (χ4v) is 3.18. The SMILES string of the molecule is CCC(C)=Cc1cccc2c1C(=NNc1ccc(S(N)(=O)=O)cc1)C(=O)N2. The highest BCUT2D eigenvalue weighted by molar-refractivity contribution is 7.89. The first-order chi connectivity index (χ1) is 12.8. The number of allylic oxidation sites excluding steroid dienone is 1. The lowest BCUT2D eigenvalue weighted by Gasteiger charge is -2.06. The van der Waals surface area contributed by atoms with Crippen molar-refractivity contribution in [1.82, 2.24) is 0 Å². The van der Waals surface area contributed by atoms with E-state index in [1.54, 1.807) is 0 Å². The second-order valence-corrected chi connectivity index (χ2v) is 7.77. The molecular formula is C19H20N4O3S. The number of fused-ring (bicyclic) bond motifs is 1. The van der Waals surface area contributed by atoms with E-state index in [9.17, 15) is 13.2 Å². The summed E-state index contributed by atoms with van der Waals surface area (Å²) in [4.78, 5) is 12.4. The Balaban J connectivity index is 1.94. The highest BCUT2D eigenvalue weighted by Gasteiger charge is 2.28. The van der Waals surface area contributed by atoms with E-state index in [2.05, 4.69) is 22.8 Å². The molecular weight excluding hydrogens is 364 g/mol. The molecule has 1 aliphatic rings. The number of benzene rings is 2. The van der Waals surface area contributed by atoms with Crippen LogP contribution in [0.15, 0.2) is 58.0 Å². The van der Waals surface area contributed by atoms with Crippen LogP contribution in [-0.2, 0) is 14.8 Å². The van der Waals surface area contributed by atoms with Gasteiger partial charge in [0.05, 0.1) is 16.3 Å². The number of hydrazone groups is 1. The van der Waals surface area contributed by atoms with Crippen molar-refractivity contribution in [3.05, 3.63) is 59.2 Å². The van der Waals surface area contributed by atoms with Crippen molar-refractivity contribution in [3.8, 4) is 0 Å². The number of hydrogen-bond donors (Lipinski definition) is 3. The van der Waals surface area contributed by atoms with E-state index >= 15 is 0 Å². The number of primary sulfonamides is 1. The molecule has 0 fully saturated rings. The minimum absolute atomic E-state index is 0.00659. The number of nitrogens with one attached hydrogen (secondary N) is 2. The Kier molecular flexibility index (Phi) is 5.11. The standard InChI is InChI=1S/C19H20N4O3S/c1-3-12(2)11-13-5-4-6-16-17(13)18(19(24)21-16)23-22-14-7-9-15(10-8-14)27(20,25)26/h4-11,22H,3H2,1-2H3,(H2,20,25,26)(H,21,23,24). The van der Waals surface area contributed by atoms with Crippen LogP contribution in [0.4, 0.5) is 11.4 Å². The van der Waals surface area contributed by atoms with Crippen molar-refractivity contribution in [2.75, 3.05) is 10.7 Å². The van der Waals surface area contributed by atoms with Crippen LogP contribution in [0.2, 0.25) is 0 Å². The minimum Gasteiger partial charge on any atom is -0.320 e. The Bertz CT molecular complexity index is 1050. The number of rotatable bonds is 5. The number of amides is 1. The number of carbonyl (C=O) groups is 1. The van der Waals surface area contributed by atoms with Gasteiger partial charge in [-0.1, -0.05) is 30.7 Å². The lowest BCUT2D eigenvalue weighted by Crippen LogP contribution is -2.16. The maximum absolute atomic E-state index is 12.3. The Morgan fingerprint density at radius 2 is 1.93 bits per heavy atom. The number of hydrogen-bond acceptors (Lipinski definition) is 5. The van der Waals surface area contributed by atoms with Crippen molar-refractivity contribution in [1.29, 1.82) is 0 Å². The van der Waals surface area contributed by atoms with Gasteiger partial charge in [0.25, 0.3) is 5.91 Å². The van der Waals surface area contributed by atoms with Gasteiger partial charge >= 0.3 is 0 Å². The molecule has 140 valence electrons. The maximum Gasteiger partial charge on any atom is 0.276 e. The summed E-state index contributed by atoms with van der Waals surface area (Å²) in [6.07, 6.45) is 2.95. The molecule has 0 saturated heterocycles. The van der Waals surface area contributed by atoms with Gasteiger partial charge in [0, 0.05) is 5.56 Å². The van der Waals surface area contributed by atoms with Gasteiger partial charge < -0.3 is 5.32 Å². The normalized spacial score (nSPS) is 15.6. The second kappa shape index (κ2) is 7.34. The largest absolute Gasteiger partial charge is 0.320 e. The lowest BCUT2D eigenvalue weighted by molar-refractivity contribution is -0.110. The molecule has 4 N–H and O–H groups in total. The molecule has 7 nitrogen and oxygen atoms in total. The number of nitrogens with zero attached hydrogens (tertiary/aromatic N) is 1. The summed E-state index contributed by atoms with van der Waals surface area (Å²) in [6, 6.07) is 11.5. The predicted octanol–water partition coefficient (Wildman–Crippen LogP) is 2.92. The third-order valence-corrected chi connectivity index (χ3v) is 5.17. The Labute approximate surface area is 158 Å². The van der Waals surface area contributed by atoms with Gasteiger partial charge in [-0.15, -0.1) is 0 Å². The third-order valence-electron chi connectivity index (χ3n) is 4.24. The van der Waals surface area contributed by atoms with Crippen LogP contribution in [0, 0.1) is 0 Å². The molecule has 2 aromatic carbocycles. The zero-order chi connectivity index (χ0) is 19.6. The van der Waals surface area contributed by atoms with Gasteiger partial charge in [-0.05, 0) is 49.2 Å². The smallest absolute Gasteiger partial charge is 0.276 e. The maximum atomic E-state index is 12.3. The van der Waals surface area contributed by atoms with Crippen molar-refractivity contribution in [2.24, 2.45) is 10.2 Å². The molecule has 27 heavy (non-hydrogen) atoms. The van der Waals surface area contributed by atoms with E-state index in [1.165, 1.54) is 29.8 Å². The first kappa shape index (κ1) is 18.8. The topological polar surface area (TPSA) is 114 Å². The molecule has 0 radical (unpaired) electrons. The fraction of sp³-hybridized carbons (Fsp3) is 0.158. The van der Waals surface area contributed by atoms with Gasteiger partial charge in [0.15, 0.2) is 5.71 Å². The van der Waals surface area contributed by atoms with Crippen molar-refractivity contribution in [2.45, 2.75) is 25.2 Å². The predicted molar refractivity (Wildman–Crippen MR) is 107 cm³/mol. The van der Waals surface area contributed by atoms with Crippen molar-refractivity contribution < 1.29 is 13.2 Å². The number of sulfonamides is 1. The summed E-state index contributed by atoms with van der Waals surface area (Å²) in [5.74, 6) is -0.298. The van der Waals surface area contributed by atoms with Gasteiger partial charge in [-0.25, -0.2) is 13.6 Å². The summed E-state index contributed by atoms with van der Waals surface area (Å²) < 4.78 is 22.6. The van der Waals surface area contributed by atoms with Crippen molar-refractivity contribution >= 4 is 39.1 Å². The average molecular weight is 384 g/mol. The molecule has 0 aliphatic carbocycles. The minimum atomic E-state index is -3.75. The molecule has 0 unspecified atom stereocenters. The van der Waals surface area contributed by atoms with Crippen molar-refractivity contribution in [3.63, 3.8) is 0 Å². The van der Waals surface area contributed by atoms with Crippen LogP contribution in [0.25, 0.3) is 6.08 Å². The van der Waals surface area contributed by atoms with E-state index in [1.807, 2.05) is 31.2 Å². The molecule has 2 aromatic rings. The lowest BCUT2D eigenvalue weighted by atomic mass is 10.0. The molecule has 0 aromatic heterocycles. The molecule has 0 spiro atoms. The number of nitrogens with two attached hydrogens (primary N) is 1.